The van der Waals surface area contributed by atoms with E-state index in [9.17, 15) is 4.39 Å². The van der Waals surface area contributed by atoms with Crippen LogP contribution in [-0.4, -0.2) is 21.1 Å². The number of nitrogens with zero attached hydrogens (tertiary/aromatic N) is 2. The summed E-state index contributed by atoms with van der Waals surface area (Å²) in [5, 5.41) is 4.55. The van der Waals surface area contributed by atoms with Gasteiger partial charge in [-0.3, -0.25) is 0 Å². The lowest BCUT2D eigenvalue weighted by Gasteiger charge is -2.39. The van der Waals surface area contributed by atoms with Crippen LogP contribution in [0.1, 0.15) is 17.3 Å². The molecule has 26 heavy (non-hydrogen) atoms. The maximum Gasteiger partial charge on any atom is 0.174 e. The second-order valence-electron chi connectivity index (χ2n) is 6.21. The highest BCUT2D eigenvalue weighted by Gasteiger charge is 2.30. The Morgan fingerprint density at radius 2 is 1.88 bits per heavy atom. The SMILES string of the molecule is Fc1ccc([C@@H]2c3cccn3CCN2C(=S)Nc2cccc(Cl)c2)cc1. The minimum atomic E-state index is -0.244. The maximum atomic E-state index is 13.4. The number of halogens is 2. The molecule has 1 N–H and O–H groups in total. The Hall–Kier alpha value is -2.37. The summed E-state index contributed by atoms with van der Waals surface area (Å²) in [6, 6.07) is 18.1. The molecule has 0 spiro atoms. The summed E-state index contributed by atoms with van der Waals surface area (Å²) in [6.07, 6.45) is 2.07. The van der Waals surface area contributed by atoms with Crippen LogP contribution >= 0.6 is 23.8 Å². The number of aromatic nitrogens is 1. The van der Waals surface area contributed by atoms with E-state index in [4.69, 9.17) is 23.8 Å². The smallest absolute Gasteiger partial charge is 0.174 e. The van der Waals surface area contributed by atoms with Gasteiger partial charge in [-0.25, -0.2) is 4.39 Å². The highest BCUT2D eigenvalue weighted by molar-refractivity contribution is 7.80. The van der Waals surface area contributed by atoms with Crippen molar-refractivity contribution in [2.45, 2.75) is 12.6 Å². The zero-order valence-electron chi connectivity index (χ0n) is 13.9. The molecule has 3 nitrogen and oxygen atoms in total. The zero-order chi connectivity index (χ0) is 18.1. The molecule has 4 rings (SSSR count). The molecule has 1 aliphatic heterocycles. The number of benzene rings is 2. The van der Waals surface area contributed by atoms with E-state index in [-0.39, 0.29) is 11.9 Å². The molecule has 1 atom stereocenters. The Bertz CT molecular complexity index is 938. The number of rotatable bonds is 2. The van der Waals surface area contributed by atoms with E-state index in [1.54, 1.807) is 0 Å². The van der Waals surface area contributed by atoms with E-state index in [0.717, 1.165) is 30.0 Å². The molecule has 1 aliphatic rings. The van der Waals surface area contributed by atoms with Crippen LogP contribution in [0.25, 0.3) is 0 Å². The highest BCUT2D eigenvalue weighted by atomic mass is 35.5. The quantitative estimate of drug-likeness (QED) is 0.621. The van der Waals surface area contributed by atoms with E-state index >= 15 is 0 Å². The van der Waals surface area contributed by atoms with Gasteiger partial charge in [0.15, 0.2) is 5.11 Å². The third-order valence-electron chi connectivity index (χ3n) is 4.56. The van der Waals surface area contributed by atoms with Crippen molar-refractivity contribution in [3.8, 4) is 0 Å². The molecule has 0 fully saturated rings. The average molecular weight is 386 g/mol. The summed E-state index contributed by atoms with van der Waals surface area (Å²) in [4.78, 5) is 2.14. The lowest BCUT2D eigenvalue weighted by molar-refractivity contribution is 0.293. The molecule has 6 heteroatoms. The molecule has 0 aliphatic carbocycles. The predicted molar refractivity (Wildman–Crippen MR) is 107 cm³/mol. The Morgan fingerprint density at radius 1 is 1.08 bits per heavy atom. The normalized spacial score (nSPS) is 16.2. The minimum absolute atomic E-state index is 0.0708. The predicted octanol–water partition coefficient (Wildman–Crippen LogP) is 5.08. The van der Waals surface area contributed by atoms with Crippen LogP contribution in [0.5, 0.6) is 0 Å². The molecule has 0 unspecified atom stereocenters. The van der Waals surface area contributed by atoms with Gasteiger partial charge < -0.3 is 14.8 Å². The highest BCUT2D eigenvalue weighted by Crippen LogP contribution is 2.33. The Morgan fingerprint density at radius 3 is 2.65 bits per heavy atom. The third-order valence-corrected chi connectivity index (χ3v) is 5.13. The molecule has 0 saturated heterocycles. The molecule has 0 saturated carbocycles. The average Bonchev–Trinajstić information content (AvgIpc) is 3.10. The van der Waals surface area contributed by atoms with Crippen LogP contribution in [0.4, 0.5) is 10.1 Å². The fraction of sp³-hybridized carbons (Fsp3) is 0.150. The minimum Gasteiger partial charge on any atom is -0.348 e. The van der Waals surface area contributed by atoms with Crippen molar-refractivity contribution >= 4 is 34.6 Å². The summed E-state index contributed by atoms with van der Waals surface area (Å²) < 4.78 is 15.6. The number of nitrogens with one attached hydrogen (secondary N) is 1. The number of thiocarbonyl (C=S) groups is 1. The van der Waals surface area contributed by atoms with Gasteiger partial charge in [-0.15, -0.1) is 0 Å². The lowest BCUT2D eigenvalue weighted by Crippen LogP contribution is -2.44. The van der Waals surface area contributed by atoms with Crippen molar-refractivity contribution in [3.05, 3.63) is 89.0 Å². The first kappa shape index (κ1) is 17.1. The number of fused-ring (bicyclic) bond motifs is 1. The van der Waals surface area contributed by atoms with Crippen molar-refractivity contribution in [1.82, 2.24) is 9.47 Å². The second-order valence-corrected chi connectivity index (χ2v) is 7.04. The van der Waals surface area contributed by atoms with Gasteiger partial charge in [0.1, 0.15) is 5.82 Å². The largest absolute Gasteiger partial charge is 0.348 e. The molecule has 0 amide bonds. The van der Waals surface area contributed by atoms with Crippen LogP contribution in [0.2, 0.25) is 5.02 Å². The first-order chi connectivity index (χ1) is 12.6. The van der Waals surface area contributed by atoms with Gasteiger partial charge in [0.25, 0.3) is 0 Å². The number of hydrogen-bond donors (Lipinski definition) is 1. The summed E-state index contributed by atoms with van der Waals surface area (Å²) in [5.41, 5.74) is 2.99. The van der Waals surface area contributed by atoms with Gasteiger partial charge in [-0.1, -0.05) is 29.8 Å². The van der Waals surface area contributed by atoms with E-state index in [1.807, 2.05) is 42.5 Å². The number of hydrogen-bond acceptors (Lipinski definition) is 1. The van der Waals surface area contributed by atoms with Crippen molar-refractivity contribution in [2.75, 3.05) is 11.9 Å². The van der Waals surface area contributed by atoms with Gasteiger partial charge in [0.2, 0.25) is 0 Å². The molecule has 0 radical (unpaired) electrons. The maximum absolute atomic E-state index is 13.4. The monoisotopic (exact) mass is 385 g/mol. The van der Waals surface area contributed by atoms with Crippen LogP contribution in [0, 0.1) is 5.82 Å². The first-order valence-corrected chi connectivity index (χ1v) is 9.14. The first-order valence-electron chi connectivity index (χ1n) is 8.35. The standard InChI is InChI=1S/C20H17ClFN3S/c21-15-3-1-4-17(13-15)23-20(26)25-12-11-24-10-2-5-18(24)19(25)14-6-8-16(22)9-7-14/h1-10,13,19H,11-12H2,(H,23,26)/t19-/m1/s1. The molecule has 1 aromatic heterocycles. The fourth-order valence-electron chi connectivity index (χ4n) is 3.36. The van der Waals surface area contributed by atoms with Gasteiger partial charge in [0, 0.05) is 35.7 Å². The van der Waals surface area contributed by atoms with Crippen LogP contribution < -0.4 is 5.32 Å². The van der Waals surface area contributed by atoms with Gasteiger partial charge in [0.05, 0.1) is 6.04 Å². The topological polar surface area (TPSA) is 20.2 Å². The lowest BCUT2D eigenvalue weighted by atomic mass is 10.0. The van der Waals surface area contributed by atoms with Crippen LogP contribution in [-0.2, 0) is 6.54 Å². The summed E-state index contributed by atoms with van der Waals surface area (Å²) in [5.74, 6) is -0.244. The second kappa shape index (κ2) is 7.09. The van der Waals surface area contributed by atoms with Crippen LogP contribution in [0.15, 0.2) is 66.9 Å². The summed E-state index contributed by atoms with van der Waals surface area (Å²) in [6.45, 7) is 1.60. The molecular weight excluding hydrogens is 369 g/mol. The Labute approximate surface area is 162 Å². The van der Waals surface area contributed by atoms with Crippen molar-refractivity contribution in [2.24, 2.45) is 0 Å². The van der Waals surface area contributed by atoms with Crippen molar-refractivity contribution in [1.29, 1.82) is 0 Å². The molecule has 2 heterocycles. The summed E-state index contributed by atoms with van der Waals surface area (Å²) >= 11 is 11.8. The molecule has 3 aromatic rings. The van der Waals surface area contributed by atoms with Crippen molar-refractivity contribution < 1.29 is 4.39 Å². The Balaban J connectivity index is 1.67. The molecule has 132 valence electrons. The van der Waals surface area contributed by atoms with Gasteiger partial charge in [-0.05, 0) is 60.2 Å². The fourth-order valence-corrected chi connectivity index (χ4v) is 3.86. The number of anilines is 1. The van der Waals surface area contributed by atoms with E-state index < -0.39 is 0 Å². The van der Waals surface area contributed by atoms with E-state index in [0.29, 0.717) is 10.1 Å². The van der Waals surface area contributed by atoms with Crippen molar-refractivity contribution in [3.63, 3.8) is 0 Å². The molecule has 2 aromatic carbocycles. The van der Waals surface area contributed by atoms with E-state index in [1.165, 1.54) is 12.1 Å². The summed E-state index contributed by atoms with van der Waals surface area (Å²) in [7, 11) is 0. The third kappa shape index (κ3) is 3.32. The van der Waals surface area contributed by atoms with Gasteiger partial charge >= 0.3 is 0 Å². The van der Waals surface area contributed by atoms with E-state index in [2.05, 4.69) is 27.0 Å². The molecular formula is C20H17ClFN3S. The van der Waals surface area contributed by atoms with Gasteiger partial charge in [-0.2, -0.15) is 0 Å². The van der Waals surface area contributed by atoms with Crippen LogP contribution in [0.3, 0.4) is 0 Å². The zero-order valence-corrected chi connectivity index (χ0v) is 15.5. The Kier molecular flexibility index (Phi) is 4.66. The molecule has 0 bridgehead atoms.